The van der Waals surface area contributed by atoms with Crippen LogP contribution in [0.2, 0.25) is 15.1 Å². The average molecular weight is 389 g/mol. The second-order valence-corrected chi connectivity index (χ2v) is 6.98. The Hall–Kier alpha value is -1.27. The van der Waals surface area contributed by atoms with Gasteiger partial charge >= 0.3 is 0 Å². The van der Waals surface area contributed by atoms with Crippen LogP contribution < -0.4 is 10.9 Å². The number of nitrogens with one attached hydrogen (secondary N) is 1. The minimum absolute atomic E-state index is 0.0204. The van der Waals surface area contributed by atoms with Gasteiger partial charge < -0.3 is 10.4 Å². The number of nitrogens with zero attached hydrogens (tertiary/aromatic N) is 2. The molecule has 0 bridgehead atoms. The number of rotatable bonds is 3. The van der Waals surface area contributed by atoms with Gasteiger partial charge in [-0.2, -0.15) is 9.78 Å². The van der Waals surface area contributed by atoms with Crippen LogP contribution in [0.15, 0.2) is 29.2 Å². The van der Waals surface area contributed by atoms with E-state index in [4.69, 9.17) is 34.8 Å². The van der Waals surface area contributed by atoms with Gasteiger partial charge in [0.05, 0.1) is 39.8 Å². The number of benzene rings is 1. The molecule has 1 aromatic carbocycles. The number of aliphatic hydroxyl groups is 1. The van der Waals surface area contributed by atoms with Gasteiger partial charge in [0.15, 0.2) is 0 Å². The first-order chi connectivity index (χ1) is 11.5. The Morgan fingerprint density at radius 2 is 1.92 bits per heavy atom. The Balaban J connectivity index is 1.88. The van der Waals surface area contributed by atoms with E-state index in [9.17, 15) is 9.90 Å². The molecule has 0 unspecified atom stereocenters. The molecule has 0 amide bonds. The summed E-state index contributed by atoms with van der Waals surface area (Å²) in [5, 5.41) is 17.8. The first kappa shape index (κ1) is 17.5. The third-order valence-electron chi connectivity index (χ3n) is 4.14. The Morgan fingerprint density at radius 3 is 2.62 bits per heavy atom. The number of aromatic nitrogens is 2. The topological polar surface area (TPSA) is 67.2 Å². The summed E-state index contributed by atoms with van der Waals surface area (Å²) in [7, 11) is 0. The molecule has 128 valence electrons. The summed E-state index contributed by atoms with van der Waals surface area (Å²) in [4.78, 5) is 12.1. The molecule has 0 spiro atoms. The van der Waals surface area contributed by atoms with Crippen molar-refractivity contribution in [2.24, 2.45) is 0 Å². The molecule has 5 nitrogen and oxygen atoms in total. The van der Waals surface area contributed by atoms with Crippen LogP contribution in [0.5, 0.6) is 0 Å². The van der Waals surface area contributed by atoms with Crippen LogP contribution >= 0.6 is 34.8 Å². The summed E-state index contributed by atoms with van der Waals surface area (Å²) in [6, 6.07) is 5.07. The first-order valence-corrected chi connectivity index (χ1v) is 8.78. The quantitative estimate of drug-likeness (QED) is 0.836. The minimum Gasteiger partial charge on any atom is -0.391 e. The van der Waals surface area contributed by atoms with Crippen LogP contribution in [-0.4, -0.2) is 27.0 Å². The Labute approximate surface area is 154 Å². The second kappa shape index (κ2) is 7.31. The van der Waals surface area contributed by atoms with Gasteiger partial charge in [0.25, 0.3) is 5.56 Å². The van der Waals surface area contributed by atoms with Gasteiger partial charge in [-0.15, -0.1) is 0 Å². The van der Waals surface area contributed by atoms with Gasteiger partial charge in [0, 0.05) is 0 Å². The standard InChI is InChI=1S/C16H16Cl3N3O2/c17-10-7-9(22-16(24)15(19)11(18)8-20-22)5-6-12(10)21-13-3-1-2-4-14(13)23/h5-8,13-14,21,23H,1-4H2/t13-,14-/m0/s1. The van der Waals surface area contributed by atoms with E-state index in [0.29, 0.717) is 16.4 Å². The van der Waals surface area contributed by atoms with Crippen LogP contribution in [0.4, 0.5) is 5.69 Å². The molecule has 1 aliphatic rings. The molecule has 1 aliphatic carbocycles. The van der Waals surface area contributed by atoms with Gasteiger partial charge in [0.2, 0.25) is 0 Å². The smallest absolute Gasteiger partial charge is 0.291 e. The van der Waals surface area contributed by atoms with Crippen LogP contribution in [0.1, 0.15) is 25.7 Å². The minimum atomic E-state index is -0.511. The number of aliphatic hydroxyl groups excluding tert-OH is 1. The molecule has 3 rings (SSSR count). The largest absolute Gasteiger partial charge is 0.391 e. The maximum absolute atomic E-state index is 12.1. The van der Waals surface area contributed by atoms with Crippen molar-refractivity contribution in [2.45, 2.75) is 37.8 Å². The SMILES string of the molecule is O=c1c(Cl)c(Cl)cnn1-c1ccc(N[C@H]2CCCC[C@@H]2O)c(Cl)c1. The predicted octanol–water partition coefficient (Wildman–Crippen LogP) is 3.91. The molecule has 8 heteroatoms. The van der Waals surface area contributed by atoms with Crippen LogP contribution in [0, 0.1) is 0 Å². The third kappa shape index (κ3) is 3.54. The fourth-order valence-corrected chi connectivity index (χ4v) is 3.31. The van der Waals surface area contributed by atoms with Gasteiger partial charge in [-0.1, -0.05) is 47.6 Å². The maximum Gasteiger partial charge on any atom is 0.291 e. The summed E-state index contributed by atoms with van der Waals surface area (Å²) < 4.78 is 1.14. The Bertz CT molecular complexity index is 810. The van der Waals surface area contributed by atoms with Crippen molar-refractivity contribution in [1.29, 1.82) is 0 Å². The lowest BCUT2D eigenvalue weighted by molar-refractivity contribution is 0.116. The van der Waals surface area contributed by atoms with Gasteiger partial charge in [-0.3, -0.25) is 4.79 Å². The molecule has 0 aliphatic heterocycles. The molecular weight excluding hydrogens is 373 g/mol. The molecule has 0 radical (unpaired) electrons. The number of hydrogen-bond acceptors (Lipinski definition) is 4. The molecule has 24 heavy (non-hydrogen) atoms. The summed E-state index contributed by atoms with van der Waals surface area (Å²) in [6.07, 6.45) is 4.73. The average Bonchev–Trinajstić information content (AvgIpc) is 2.57. The highest BCUT2D eigenvalue weighted by Crippen LogP contribution is 2.28. The lowest BCUT2D eigenvalue weighted by Crippen LogP contribution is -2.36. The lowest BCUT2D eigenvalue weighted by Gasteiger charge is -2.29. The van der Waals surface area contributed by atoms with E-state index in [1.165, 1.54) is 6.20 Å². The number of anilines is 1. The zero-order valence-electron chi connectivity index (χ0n) is 12.7. The van der Waals surface area contributed by atoms with Crippen molar-refractivity contribution in [2.75, 3.05) is 5.32 Å². The Morgan fingerprint density at radius 1 is 1.17 bits per heavy atom. The highest BCUT2D eigenvalue weighted by molar-refractivity contribution is 6.41. The van der Waals surface area contributed by atoms with E-state index in [1.807, 2.05) is 0 Å². The molecule has 1 heterocycles. The van der Waals surface area contributed by atoms with Crippen molar-refractivity contribution in [1.82, 2.24) is 9.78 Å². The maximum atomic E-state index is 12.1. The van der Waals surface area contributed by atoms with E-state index in [1.54, 1.807) is 18.2 Å². The van der Waals surface area contributed by atoms with Crippen LogP contribution in [0.25, 0.3) is 5.69 Å². The summed E-state index contributed by atoms with van der Waals surface area (Å²) in [5.41, 5.74) is 0.682. The van der Waals surface area contributed by atoms with E-state index in [-0.39, 0.29) is 22.2 Å². The van der Waals surface area contributed by atoms with Gasteiger partial charge in [-0.05, 0) is 31.0 Å². The number of halogens is 3. The van der Waals surface area contributed by atoms with Crippen molar-refractivity contribution in [3.63, 3.8) is 0 Å². The second-order valence-electron chi connectivity index (χ2n) is 5.79. The third-order valence-corrected chi connectivity index (χ3v) is 5.21. The zero-order chi connectivity index (χ0) is 17.3. The van der Waals surface area contributed by atoms with E-state index >= 15 is 0 Å². The molecule has 2 aromatic rings. The molecule has 1 fully saturated rings. The monoisotopic (exact) mass is 387 g/mol. The highest BCUT2D eigenvalue weighted by Gasteiger charge is 2.23. The lowest BCUT2D eigenvalue weighted by atomic mass is 9.92. The summed E-state index contributed by atoms with van der Waals surface area (Å²) in [6.45, 7) is 0. The molecule has 1 saturated carbocycles. The molecule has 2 atom stereocenters. The first-order valence-electron chi connectivity index (χ1n) is 7.65. The highest BCUT2D eigenvalue weighted by atomic mass is 35.5. The zero-order valence-corrected chi connectivity index (χ0v) is 14.9. The molecule has 1 aromatic heterocycles. The number of hydrogen-bond donors (Lipinski definition) is 2. The van der Waals surface area contributed by atoms with E-state index in [2.05, 4.69) is 10.4 Å². The molecule has 2 N–H and O–H groups in total. The van der Waals surface area contributed by atoms with Crippen LogP contribution in [0.3, 0.4) is 0 Å². The van der Waals surface area contributed by atoms with Gasteiger partial charge in [0.1, 0.15) is 5.02 Å². The summed E-state index contributed by atoms with van der Waals surface area (Å²) >= 11 is 18.0. The normalized spacial score (nSPS) is 20.8. The van der Waals surface area contributed by atoms with Crippen molar-refractivity contribution in [3.05, 3.63) is 49.8 Å². The van der Waals surface area contributed by atoms with Crippen molar-refractivity contribution >= 4 is 40.5 Å². The van der Waals surface area contributed by atoms with Crippen molar-refractivity contribution in [3.8, 4) is 5.69 Å². The van der Waals surface area contributed by atoms with E-state index < -0.39 is 5.56 Å². The van der Waals surface area contributed by atoms with E-state index in [0.717, 1.165) is 30.4 Å². The predicted molar refractivity (Wildman–Crippen MR) is 96.7 cm³/mol. The van der Waals surface area contributed by atoms with Crippen molar-refractivity contribution < 1.29 is 5.11 Å². The molecule has 0 saturated heterocycles. The fraction of sp³-hybridized carbons (Fsp3) is 0.375. The summed E-state index contributed by atoms with van der Waals surface area (Å²) in [5.74, 6) is 0. The van der Waals surface area contributed by atoms with Crippen LogP contribution in [-0.2, 0) is 0 Å². The van der Waals surface area contributed by atoms with Gasteiger partial charge in [-0.25, -0.2) is 0 Å². The fourth-order valence-electron chi connectivity index (χ4n) is 2.83. The molecular formula is C16H16Cl3N3O2. The Kier molecular flexibility index (Phi) is 5.35.